The first kappa shape index (κ1) is 16.9. The van der Waals surface area contributed by atoms with Gasteiger partial charge in [-0.2, -0.15) is 0 Å². The molecular formula is C18H21F2N3. The summed E-state index contributed by atoms with van der Waals surface area (Å²) >= 11 is 0. The summed E-state index contributed by atoms with van der Waals surface area (Å²) < 4.78 is 27.4. The highest BCUT2D eigenvalue weighted by Crippen LogP contribution is 2.33. The zero-order valence-electron chi connectivity index (χ0n) is 13.8. The van der Waals surface area contributed by atoms with Crippen molar-refractivity contribution in [3.63, 3.8) is 0 Å². The van der Waals surface area contributed by atoms with E-state index in [1.54, 1.807) is 30.4 Å². The molecule has 3 nitrogen and oxygen atoms in total. The predicted octanol–water partition coefficient (Wildman–Crippen LogP) is 4.65. The highest BCUT2D eigenvalue weighted by atomic mass is 19.1. The molecule has 0 spiro atoms. The smallest absolute Gasteiger partial charge is 0.127 e. The molecule has 0 unspecified atom stereocenters. The summed E-state index contributed by atoms with van der Waals surface area (Å²) in [5.41, 5.74) is 2.70. The van der Waals surface area contributed by atoms with E-state index in [4.69, 9.17) is 0 Å². The molecule has 2 aromatic carbocycles. The fraction of sp³-hybridized carbons (Fsp3) is 0.278. The second-order valence-electron chi connectivity index (χ2n) is 5.43. The Kier molecular flexibility index (Phi) is 5.32. The van der Waals surface area contributed by atoms with Crippen molar-refractivity contribution in [1.82, 2.24) is 4.90 Å². The van der Waals surface area contributed by atoms with Crippen molar-refractivity contribution in [2.45, 2.75) is 13.8 Å². The van der Waals surface area contributed by atoms with Crippen LogP contribution in [0.2, 0.25) is 0 Å². The number of halogens is 2. The number of anilines is 2. The van der Waals surface area contributed by atoms with Gasteiger partial charge >= 0.3 is 0 Å². The zero-order valence-corrected chi connectivity index (χ0v) is 13.8. The molecule has 0 aromatic heterocycles. The molecule has 0 heterocycles. The maximum Gasteiger partial charge on any atom is 0.127 e. The van der Waals surface area contributed by atoms with Gasteiger partial charge in [0, 0.05) is 32.0 Å². The Hall–Kier alpha value is -2.43. The Labute approximate surface area is 135 Å². The largest absolute Gasteiger partial charge is 0.366 e. The summed E-state index contributed by atoms with van der Waals surface area (Å²) in [6.45, 7) is 4.70. The third-order valence-electron chi connectivity index (χ3n) is 3.77. The van der Waals surface area contributed by atoms with E-state index in [0.717, 1.165) is 12.1 Å². The van der Waals surface area contributed by atoms with Gasteiger partial charge in [0.1, 0.15) is 11.6 Å². The quantitative estimate of drug-likeness (QED) is 0.590. The molecule has 122 valence electrons. The average molecular weight is 317 g/mol. The predicted molar refractivity (Wildman–Crippen MR) is 92.1 cm³/mol. The molecule has 0 saturated carbocycles. The van der Waals surface area contributed by atoms with Crippen molar-refractivity contribution < 1.29 is 8.78 Å². The topological polar surface area (TPSA) is 18.8 Å². The molecule has 2 rings (SSSR count). The molecule has 0 bridgehead atoms. The first-order valence-electron chi connectivity index (χ1n) is 7.46. The Bertz CT molecular complexity index is 713. The number of hydrogen-bond donors (Lipinski definition) is 0. The average Bonchev–Trinajstić information content (AvgIpc) is 2.54. The van der Waals surface area contributed by atoms with Crippen LogP contribution in [0.15, 0.2) is 41.4 Å². The van der Waals surface area contributed by atoms with Crippen LogP contribution in [0.4, 0.5) is 25.8 Å². The monoisotopic (exact) mass is 317 g/mol. The van der Waals surface area contributed by atoms with E-state index in [1.807, 2.05) is 25.8 Å². The molecule has 0 atom stereocenters. The van der Waals surface area contributed by atoms with Crippen LogP contribution in [0.1, 0.15) is 12.5 Å². The van der Waals surface area contributed by atoms with Gasteiger partial charge in [0.2, 0.25) is 0 Å². The molecule has 0 aliphatic carbocycles. The van der Waals surface area contributed by atoms with E-state index >= 15 is 0 Å². The van der Waals surface area contributed by atoms with Crippen LogP contribution in [0.25, 0.3) is 0 Å². The summed E-state index contributed by atoms with van der Waals surface area (Å²) in [5.74, 6) is -0.702. The number of benzene rings is 2. The minimum atomic E-state index is -0.375. The van der Waals surface area contributed by atoms with Crippen LogP contribution < -0.4 is 4.90 Å². The lowest BCUT2D eigenvalue weighted by Crippen LogP contribution is -2.14. The third-order valence-corrected chi connectivity index (χ3v) is 3.77. The third kappa shape index (κ3) is 4.06. The van der Waals surface area contributed by atoms with E-state index in [1.165, 1.54) is 24.3 Å². The molecule has 5 heteroatoms. The van der Waals surface area contributed by atoms with Crippen LogP contribution in [0.3, 0.4) is 0 Å². The maximum absolute atomic E-state index is 14.0. The summed E-state index contributed by atoms with van der Waals surface area (Å²) in [4.78, 5) is 8.01. The second kappa shape index (κ2) is 7.22. The van der Waals surface area contributed by atoms with Gasteiger partial charge in [0.15, 0.2) is 0 Å². The molecule has 0 amide bonds. The zero-order chi connectivity index (χ0) is 17.0. The SMILES string of the molecule is CCN(C)/C=N/c1cc(F)cc(N(C)c2cccc(F)c2)c1C. The minimum absolute atomic E-state index is 0.328. The summed E-state index contributed by atoms with van der Waals surface area (Å²) in [6.07, 6.45) is 1.67. The van der Waals surface area contributed by atoms with Crippen LogP contribution in [-0.2, 0) is 0 Å². The first-order chi connectivity index (χ1) is 10.9. The second-order valence-corrected chi connectivity index (χ2v) is 5.43. The number of nitrogens with zero attached hydrogens (tertiary/aromatic N) is 3. The van der Waals surface area contributed by atoms with E-state index in [9.17, 15) is 8.78 Å². The molecule has 0 aliphatic heterocycles. The summed E-state index contributed by atoms with van der Waals surface area (Å²) in [5, 5.41) is 0. The van der Waals surface area contributed by atoms with Crippen LogP contribution in [0, 0.1) is 18.6 Å². The Morgan fingerprint density at radius 3 is 2.48 bits per heavy atom. The lowest BCUT2D eigenvalue weighted by atomic mass is 10.1. The molecular weight excluding hydrogens is 296 g/mol. The standard InChI is InChI=1S/C18H21F2N3/c1-5-22(3)12-21-17-10-15(20)11-18(13(17)2)23(4)16-8-6-7-14(19)9-16/h6-12H,5H2,1-4H3/b21-12+. The van der Waals surface area contributed by atoms with Crippen molar-refractivity contribution in [3.05, 3.63) is 53.6 Å². The highest BCUT2D eigenvalue weighted by molar-refractivity contribution is 5.73. The lowest BCUT2D eigenvalue weighted by molar-refractivity contribution is 0.552. The fourth-order valence-electron chi connectivity index (χ4n) is 2.20. The Morgan fingerprint density at radius 1 is 1.09 bits per heavy atom. The molecule has 2 aromatic rings. The van der Waals surface area contributed by atoms with Gasteiger partial charge in [-0.1, -0.05) is 6.07 Å². The highest BCUT2D eigenvalue weighted by Gasteiger charge is 2.13. The van der Waals surface area contributed by atoms with E-state index in [0.29, 0.717) is 17.1 Å². The Morgan fingerprint density at radius 2 is 1.83 bits per heavy atom. The summed E-state index contributed by atoms with van der Waals surface area (Å²) in [7, 11) is 3.68. The molecule has 0 N–H and O–H groups in total. The fourth-order valence-corrected chi connectivity index (χ4v) is 2.20. The van der Waals surface area contributed by atoms with E-state index in [2.05, 4.69) is 4.99 Å². The van der Waals surface area contributed by atoms with E-state index < -0.39 is 0 Å². The van der Waals surface area contributed by atoms with E-state index in [-0.39, 0.29) is 11.6 Å². The van der Waals surface area contributed by atoms with Gasteiger partial charge in [-0.3, -0.25) is 0 Å². The van der Waals surface area contributed by atoms with Gasteiger partial charge in [-0.05, 0) is 49.7 Å². The first-order valence-corrected chi connectivity index (χ1v) is 7.46. The van der Waals surface area contributed by atoms with Gasteiger partial charge < -0.3 is 9.80 Å². The van der Waals surface area contributed by atoms with Crippen molar-refractivity contribution >= 4 is 23.4 Å². The van der Waals surface area contributed by atoms with Crippen molar-refractivity contribution in [1.29, 1.82) is 0 Å². The normalized spacial score (nSPS) is 11.0. The van der Waals surface area contributed by atoms with Crippen molar-refractivity contribution in [2.75, 3.05) is 25.5 Å². The van der Waals surface area contributed by atoms with Gasteiger partial charge in [-0.25, -0.2) is 13.8 Å². The van der Waals surface area contributed by atoms with Crippen molar-refractivity contribution in [3.8, 4) is 0 Å². The van der Waals surface area contributed by atoms with Gasteiger partial charge in [0.25, 0.3) is 0 Å². The lowest BCUT2D eigenvalue weighted by Gasteiger charge is -2.22. The number of hydrogen-bond acceptors (Lipinski definition) is 2. The molecule has 0 fully saturated rings. The van der Waals surface area contributed by atoms with Gasteiger partial charge in [-0.15, -0.1) is 0 Å². The van der Waals surface area contributed by atoms with Crippen molar-refractivity contribution in [2.24, 2.45) is 4.99 Å². The molecule has 0 saturated heterocycles. The van der Waals surface area contributed by atoms with Crippen LogP contribution in [-0.4, -0.2) is 31.9 Å². The number of aliphatic imine (C=N–C) groups is 1. The van der Waals surface area contributed by atoms with Crippen LogP contribution in [0.5, 0.6) is 0 Å². The van der Waals surface area contributed by atoms with Gasteiger partial charge in [0.05, 0.1) is 12.0 Å². The minimum Gasteiger partial charge on any atom is -0.366 e. The molecule has 23 heavy (non-hydrogen) atoms. The molecule has 0 aliphatic rings. The summed E-state index contributed by atoms with van der Waals surface area (Å²) in [6, 6.07) is 9.04. The number of rotatable bonds is 5. The van der Waals surface area contributed by atoms with Crippen LogP contribution >= 0.6 is 0 Å². The Balaban J connectivity index is 2.43. The molecule has 0 radical (unpaired) electrons. The maximum atomic E-state index is 14.0.